The monoisotopic (exact) mass is 237 g/mol. The second-order valence-corrected chi connectivity index (χ2v) is 5.47. The van der Waals surface area contributed by atoms with E-state index in [1.807, 2.05) is 6.07 Å². The molecule has 1 nitrogen and oxygen atoms in total. The Hall–Kier alpha value is -0.690. The Morgan fingerprint density at radius 3 is 2.75 bits per heavy atom. The van der Waals surface area contributed by atoms with Gasteiger partial charge in [0, 0.05) is 6.04 Å². The van der Waals surface area contributed by atoms with Crippen molar-refractivity contribution in [3.8, 4) is 0 Å². The van der Waals surface area contributed by atoms with Gasteiger partial charge in [-0.05, 0) is 43.9 Å². The van der Waals surface area contributed by atoms with Crippen LogP contribution in [0, 0.1) is 12.8 Å². The van der Waals surface area contributed by atoms with Crippen LogP contribution in [0.15, 0.2) is 18.2 Å². The number of aryl methyl sites for hydroxylation is 1. The lowest BCUT2D eigenvalue weighted by Crippen LogP contribution is -2.23. The van der Waals surface area contributed by atoms with Gasteiger partial charge in [-0.15, -0.1) is 0 Å². The minimum Gasteiger partial charge on any atom is -0.381 e. The maximum atomic E-state index is 6.20. The SMILES string of the molecule is Cc1ccc(NC(C)CC2CCC2)c(Cl)c1. The molecular formula is C14H20ClN. The number of rotatable bonds is 4. The van der Waals surface area contributed by atoms with Crippen LogP contribution < -0.4 is 5.32 Å². The minimum atomic E-state index is 0.519. The molecule has 2 heteroatoms. The first kappa shape index (κ1) is 11.8. The third-order valence-electron chi connectivity index (χ3n) is 3.44. The number of benzene rings is 1. The van der Waals surface area contributed by atoms with E-state index in [2.05, 4.69) is 31.3 Å². The molecule has 1 N–H and O–H groups in total. The van der Waals surface area contributed by atoms with Crippen molar-refractivity contribution < 1.29 is 0 Å². The van der Waals surface area contributed by atoms with Gasteiger partial charge in [0.25, 0.3) is 0 Å². The zero-order valence-electron chi connectivity index (χ0n) is 10.1. The van der Waals surface area contributed by atoms with Crippen molar-refractivity contribution in [2.24, 2.45) is 5.92 Å². The Labute approximate surface area is 103 Å². The summed E-state index contributed by atoms with van der Waals surface area (Å²) in [6, 6.07) is 6.71. The summed E-state index contributed by atoms with van der Waals surface area (Å²) >= 11 is 6.20. The molecule has 1 aliphatic carbocycles. The van der Waals surface area contributed by atoms with Crippen molar-refractivity contribution in [3.05, 3.63) is 28.8 Å². The molecule has 0 aliphatic heterocycles. The van der Waals surface area contributed by atoms with Gasteiger partial charge in [0.2, 0.25) is 0 Å². The van der Waals surface area contributed by atoms with E-state index in [0.717, 1.165) is 16.6 Å². The standard InChI is InChI=1S/C14H20ClN/c1-10-6-7-14(13(15)8-10)16-11(2)9-12-4-3-5-12/h6-8,11-12,16H,3-5,9H2,1-2H3. The molecule has 1 atom stereocenters. The van der Waals surface area contributed by atoms with E-state index in [9.17, 15) is 0 Å². The van der Waals surface area contributed by atoms with E-state index < -0.39 is 0 Å². The van der Waals surface area contributed by atoms with E-state index in [0.29, 0.717) is 6.04 Å². The Balaban J connectivity index is 1.91. The third kappa shape index (κ3) is 2.91. The second kappa shape index (κ2) is 5.09. The molecule has 0 amide bonds. The highest BCUT2D eigenvalue weighted by Gasteiger charge is 2.20. The summed E-state index contributed by atoms with van der Waals surface area (Å²) in [4.78, 5) is 0. The van der Waals surface area contributed by atoms with E-state index in [1.54, 1.807) is 0 Å². The topological polar surface area (TPSA) is 12.0 Å². The maximum Gasteiger partial charge on any atom is 0.0640 e. The maximum absolute atomic E-state index is 6.20. The van der Waals surface area contributed by atoms with Crippen LogP contribution in [0.5, 0.6) is 0 Å². The van der Waals surface area contributed by atoms with Gasteiger partial charge < -0.3 is 5.32 Å². The molecular weight excluding hydrogens is 218 g/mol. The summed E-state index contributed by atoms with van der Waals surface area (Å²) in [6.07, 6.45) is 5.51. The molecule has 0 aromatic heterocycles. The summed E-state index contributed by atoms with van der Waals surface area (Å²) in [5.74, 6) is 0.937. The first-order valence-electron chi connectivity index (χ1n) is 6.18. The first-order chi connectivity index (χ1) is 7.65. The van der Waals surface area contributed by atoms with E-state index in [-0.39, 0.29) is 0 Å². The molecule has 2 rings (SSSR count). The van der Waals surface area contributed by atoms with Crippen LogP contribution in [0.25, 0.3) is 0 Å². The number of anilines is 1. The highest BCUT2D eigenvalue weighted by Crippen LogP contribution is 2.32. The number of nitrogens with one attached hydrogen (secondary N) is 1. The fourth-order valence-electron chi connectivity index (χ4n) is 2.29. The van der Waals surface area contributed by atoms with Crippen molar-refractivity contribution in [2.45, 2.75) is 45.6 Å². The lowest BCUT2D eigenvalue weighted by Gasteiger charge is -2.29. The molecule has 1 unspecified atom stereocenters. The van der Waals surface area contributed by atoms with Gasteiger partial charge in [-0.2, -0.15) is 0 Å². The predicted octanol–water partition coefficient (Wildman–Crippen LogP) is 4.64. The minimum absolute atomic E-state index is 0.519. The Morgan fingerprint density at radius 2 is 2.19 bits per heavy atom. The van der Waals surface area contributed by atoms with Crippen molar-refractivity contribution >= 4 is 17.3 Å². The number of halogens is 1. The fraction of sp³-hybridized carbons (Fsp3) is 0.571. The molecule has 88 valence electrons. The normalized spacial score (nSPS) is 17.9. The number of hydrogen-bond acceptors (Lipinski definition) is 1. The second-order valence-electron chi connectivity index (χ2n) is 5.06. The third-order valence-corrected chi connectivity index (χ3v) is 3.75. The number of hydrogen-bond donors (Lipinski definition) is 1. The summed E-state index contributed by atoms with van der Waals surface area (Å²) in [5.41, 5.74) is 2.28. The van der Waals surface area contributed by atoms with Crippen molar-refractivity contribution in [1.82, 2.24) is 0 Å². The van der Waals surface area contributed by atoms with Gasteiger partial charge in [0.15, 0.2) is 0 Å². The van der Waals surface area contributed by atoms with Crippen LogP contribution in [0.1, 0.15) is 38.2 Å². The van der Waals surface area contributed by atoms with Gasteiger partial charge in [0.1, 0.15) is 0 Å². The molecule has 0 saturated heterocycles. The van der Waals surface area contributed by atoms with Crippen LogP contribution >= 0.6 is 11.6 Å². The average molecular weight is 238 g/mol. The van der Waals surface area contributed by atoms with Crippen LogP contribution in [0.3, 0.4) is 0 Å². The van der Waals surface area contributed by atoms with Crippen LogP contribution in [0.2, 0.25) is 5.02 Å². The van der Waals surface area contributed by atoms with Crippen molar-refractivity contribution in [2.75, 3.05) is 5.32 Å². The lowest BCUT2D eigenvalue weighted by atomic mass is 9.81. The molecule has 1 saturated carbocycles. The quantitative estimate of drug-likeness (QED) is 0.805. The average Bonchev–Trinajstić information content (AvgIpc) is 2.16. The summed E-state index contributed by atoms with van der Waals surface area (Å²) in [6.45, 7) is 4.31. The molecule has 1 aromatic carbocycles. The summed E-state index contributed by atoms with van der Waals surface area (Å²) in [7, 11) is 0. The zero-order chi connectivity index (χ0) is 11.5. The smallest absolute Gasteiger partial charge is 0.0640 e. The fourth-order valence-corrected chi connectivity index (χ4v) is 2.58. The zero-order valence-corrected chi connectivity index (χ0v) is 10.8. The summed E-state index contributed by atoms with van der Waals surface area (Å²) < 4.78 is 0. The van der Waals surface area contributed by atoms with Gasteiger partial charge in [-0.1, -0.05) is 36.9 Å². The van der Waals surface area contributed by atoms with E-state index in [4.69, 9.17) is 11.6 Å². The molecule has 0 heterocycles. The van der Waals surface area contributed by atoms with Gasteiger partial charge in [-0.25, -0.2) is 0 Å². The lowest BCUT2D eigenvalue weighted by molar-refractivity contribution is 0.286. The molecule has 1 fully saturated rings. The Bertz CT molecular complexity index is 358. The highest BCUT2D eigenvalue weighted by atomic mass is 35.5. The molecule has 1 aliphatic rings. The molecule has 0 bridgehead atoms. The summed E-state index contributed by atoms with van der Waals surface area (Å²) in [5, 5.41) is 4.34. The Kier molecular flexibility index (Phi) is 3.75. The van der Waals surface area contributed by atoms with Gasteiger partial charge in [-0.3, -0.25) is 0 Å². The highest BCUT2D eigenvalue weighted by molar-refractivity contribution is 6.33. The van der Waals surface area contributed by atoms with E-state index in [1.165, 1.54) is 31.2 Å². The van der Waals surface area contributed by atoms with Crippen LogP contribution in [-0.2, 0) is 0 Å². The van der Waals surface area contributed by atoms with Gasteiger partial charge >= 0.3 is 0 Å². The molecule has 0 radical (unpaired) electrons. The van der Waals surface area contributed by atoms with Crippen LogP contribution in [0.4, 0.5) is 5.69 Å². The first-order valence-corrected chi connectivity index (χ1v) is 6.55. The van der Waals surface area contributed by atoms with E-state index >= 15 is 0 Å². The van der Waals surface area contributed by atoms with Crippen molar-refractivity contribution in [3.63, 3.8) is 0 Å². The molecule has 1 aromatic rings. The Morgan fingerprint density at radius 1 is 1.44 bits per heavy atom. The van der Waals surface area contributed by atoms with Crippen molar-refractivity contribution in [1.29, 1.82) is 0 Å². The van der Waals surface area contributed by atoms with Gasteiger partial charge in [0.05, 0.1) is 10.7 Å². The largest absolute Gasteiger partial charge is 0.381 e. The van der Waals surface area contributed by atoms with Crippen LogP contribution in [-0.4, -0.2) is 6.04 Å². The molecule has 0 spiro atoms. The predicted molar refractivity (Wildman–Crippen MR) is 71.2 cm³/mol. The molecule has 16 heavy (non-hydrogen) atoms.